The molecule has 1 heterocycles. The maximum atomic E-state index is 13.2. The molecule has 0 N–H and O–H groups in total. The van der Waals surface area contributed by atoms with Crippen LogP contribution in [0.15, 0.2) is 24.3 Å². The highest BCUT2D eigenvalue weighted by Crippen LogP contribution is 2.32. The monoisotopic (exact) mass is 297 g/mol. The summed E-state index contributed by atoms with van der Waals surface area (Å²) in [5.74, 6) is -0.261. The number of rotatable bonds is 4. The molecule has 0 saturated heterocycles. The first-order valence-electron chi connectivity index (χ1n) is 6.08. The van der Waals surface area contributed by atoms with Gasteiger partial charge in [0.1, 0.15) is 11.5 Å². The molecule has 106 valence electrons. The van der Waals surface area contributed by atoms with Crippen LogP contribution in [0.2, 0.25) is 5.15 Å². The lowest BCUT2D eigenvalue weighted by atomic mass is 10.1. The summed E-state index contributed by atoms with van der Waals surface area (Å²) in [6.45, 7) is 3.86. The summed E-state index contributed by atoms with van der Waals surface area (Å²) in [5.41, 5.74) is 0.442. The second-order valence-electron chi connectivity index (χ2n) is 4.83. The van der Waals surface area contributed by atoms with E-state index < -0.39 is 10.7 Å². The Morgan fingerprint density at radius 1 is 1.50 bits per heavy atom. The highest BCUT2D eigenvalue weighted by Gasteiger charge is 2.27. The molecular formula is C13H13ClFN3O2. The van der Waals surface area contributed by atoms with E-state index in [1.807, 2.05) is 13.8 Å². The number of halogens is 2. The Hall–Kier alpha value is -1.95. The van der Waals surface area contributed by atoms with Crippen molar-refractivity contribution in [2.45, 2.75) is 20.3 Å². The SMILES string of the molecule is CC(C)Cc1nn(-c2cccc(F)c2)c(Cl)c1[N+](=O)[O-]. The molecule has 0 aliphatic carbocycles. The third-order valence-corrected chi connectivity index (χ3v) is 3.05. The molecule has 1 aromatic heterocycles. The van der Waals surface area contributed by atoms with Crippen LogP contribution in [0, 0.1) is 21.8 Å². The molecule has 2 aromatic rings. The quantitative estimate of drug-likeness (QED) is 0.637. The third-order valence-electron chi connectivity index (χ3n) is 2.71. The van der Waals surface area contributed by atoms with Crippen molar-refractivity contribution in [3.63, 3.8) is 0 Å². The minimum absolute atomic E-state index is 0.115. The normalized spacial score (nSPS) is 11.1. The molecule has 0 saturated carbocycles. The molecule has 20 heavy (non-hydrogen) atoms. The van der Waals surface area contributed by atoms with Crippen molar-refractivity contribution in [2.24, 2.45) is 5.92 Å². The summed E-state index contributed by atoms with van der Waals surface area (Å²) in [4.78, 5) is 10.6. The average molecular weight is 298 g/mol. The molecule has 0 aliphatic heterocycles. The number of hydrogen-bond acceptors (Lipinski definition) is 3. The lowest BCUT2D eigenvalue weighted by Crippen LogP contribution is -2.00. The lowest BCUT2D eigenvalue weighted by molar-refractivity contribution is -0.385. The fourth-order valence-corrected chi connectivity index (χ4v) is 2.23. The summed E-state index contributed by atoms with van der Waals surface area (Å²) >= 11 is 6.03. The molecule has 0 spiro atoms. The van der Waals surface area contributed by atoms with E-state index in [0.29, 0.717) is 17.8 Å². The molecule has 0 fully saturated rings. The average Bonchev–Trinajstić information content (AvgIpc) is 2.65. The maximum Gasteiger partial charge on any atom is 0.329 e. The van der Waals surface area contributed by atoms with Gasteiger partial charge in [-0.15, -0.1) is 0 Å². The molecule has 0 bridgehead atoms. The molecule has 5 nitrogen and oxygen atoms in total. The Balaban J connectivity index is 2.58. The molecule has 0 aliphatic rings. The van der Waals surface area contributed by atoms with Gasteiger partial charge in [-0.05, 0) is 24.1 Å². The summed E-state index contributed by atoms with van der Waals surface area (Å²) < 4.78 is 14.4. The van der Waals surface area contributed by atoms with Crippen molar-refractivity contribution in [2.75, 3.05) is 0 Å². The van der Waals surface area contributed by atoms with Gasteiger partial charge in [-0.2, -0.15) is 5.10 Å². The fourth-order valence-electron chi connectivity index (χ4n) is 1.92. The van der Waals surface area contributed by atoms with Crippen LogP contribution in [0.1, 0.15) is 19.5 Å². The molecule has 0 radical (unpaired) electrons. The van der Waals surface area contributed by atoms with Gasteiger partial charge in [0.15, 0.2) is 0 Å². The lowest BCUT2D eigenvalue weighted by Gasteiger charge is -2.02. The maximum absolute atomic E-state index is 13.2. The van der Waals surface area contributed by atoms with Crippen molar-refractivity contribution in [1.82, 2.24) is 9.78 Å². The number of nitro groups is 1. The van der Waals surface area contributed by atoms with Crippen LogP contribution in [-0.2, 0) is 6.42 Å². The van der Waals surface area contributed by atoms with E-state index in [1.54, 1.807) is 6.07 Å². The minimum atomic E-state index is -0.553. The highest BCUT2D eigenvalue weighted by molar-refractivity contribution is 6.32. The van der Waals surface area contributed by atoms with Crippen molar-refractivity contribution in [3.05, 3.63) is 51.0 Å². The van der Waals surface area contributed by atoms with Crippen LogP contribution in [-0.4, -0.2) is 14.7 Å². The van der Waals surface area contributed by atoms with Crippen LogP contribution in [0.5, 0.6) is 0 Å². The molecular weight excluding hydrogens is 285 g/mol. The second kappa shape index (κ2) is 5.58. The van der Waals surface area contributed by atoms with Gasteiger partial charge in [0.25, 0.3) is 0 Å². The largest absolute Gasteiger partial charge is 0.329 e. The molecule has 0 atom stereocenters. The third kappa shape index (κ3) is 2.80. The number of benzene rings is 1. The van der Waals surface area contributed by atoms with Crippen molar-refractivity contribution in [3.8, 4) is 5.69 Å². The van der Waals surface area contributed by atoms with Gasteiger partial charge in [0.2, 0.25) is 5.15 Å². The number of nitrogens with zero attached hydrogens (tertiary/aromatic N) is 3. The van der Waals surface area contributed by atoms with Crippen LogP contribution in [0.25, 0.3) is 5.69 Å². The molecule has 2 rings (SSSR count). The summed E-state index contributed by atoms with van der Waals surface area (Å²) in [5, 5.41) is 15.2. The van der Waals surface area contributed by atoms with E-state index in [0.717, 1.165) is 0 Å². The zero-order chi connectivity index (χ0) is 14.9. The van der Waals surface area contributed by atoms with Gasteiger partial charge >= 0.3 is 5.69 Å². The Bertz CT molecular complexity index is 655. The summed E-state index contributed by atoms with van der Waals surface area (Å²) in [6.07, 6.45) is 0.429. The van der Waals surface area contributed by atoms with E-state index in [4.69, 9.17) is 11.6 Å². The first-order chi connectivity index (χ1) is 9.40. The molecule has 1 aromatic carbocycles. The predicted molar refractivity (Wildman–Crippen MR) is 73.7 cm³/mol. The smallest absolute Gasteiger partial charge is 0.258 e. The van der Waals surface area contributed by atoms with Crippen LogP contribution < -0.4 is 0 Å². The Morgan fingerprint density at radius 2 is 2.20 bits per heavy atom. The Labute approximate surface area is 120 Å². The number of hydrogen-bond donors (Lipinski definition) is 0. The first kappa shape index (κ1) is 14.5. The van der Waals surface area contributed by atoms with Gasteiger partial charge in [0.05, 0.1) is 10.6 Å². The predicted octanol–water partition coefficient (Wildman–Crippen LogP) is 3.77. The van der Waals surface area contributed by atoms with E-state index in [9.17, 15) is 14.5 Å². The fraction of sp³-hybridized carbons (Fsp3) is 0.308. The summed E-state index contributed by atoms with van der Waals surface area (Å²) in [7, 11) is 0. The van der Waals surface area contributed by atoms with Crippen LogP contribution in [0.4, 0.5) is 10.1 Å². The summed E-state index contributed by atoms with van der Waals surface area (Å²) in [6, 6.07) is 5.59. The zero-order valence-corrected chi connectivity index (χ0v) is 11.8. The Kier molecular flexibility index (Phi) is 4.04. The molecule has 0 amide bonds. The minimum Gasteiger partial charge on any atom is -0.258 e. The van der Waals surface area contributed by atoms with Gasteiger partial charge in [-0.1, -0.05) is 31.5 Å². The topological polar surface area (TPSA) is 61.0 Å². The van der Waals surface area contributed by atoms with Crippen molar-refractivity contribution in [1.29, 1.82) is 0 Å². The molecule has 0 unspecified atom stereocenters. The van der Waals surface area contributed by atoms with Gasteiger partial charge in [-0.3, -0.25) is 10.1 Å². The zero-order valence-electron chi connectivity index (χ0n) is 11.0. The standard InChI is InChI=1S/C13H13ClFN3O2/c1-8(2)6-11-12(18(19)20)13(14)17(16-11)10-5-3-4-9(15)7-10/h3-5,7-8H,6H2,1-2H3. The Morgan fingerprint density at radius 3 is 2.75 bits per heavy atom. The van der Waals surface area contributed by atoms with Crippen LogP contribution in [0.3, 0.4) is 0 Å². The van der Waals surface area contributed by atoms with Gasteiger partial charge < -0.3 is 0 Å². The van der Waals surface area contributed by atoms with Gasteiger partial charge in [0, 0.05) is 6.42 Å². The second-order valence-corrected chi connectivity index (χ2v) is 5.19. The van der Waals surface area contributed by atoms with E-state index >= 15 is 0 Å². The van der Waals surface area contributed by atoms with Gasteiger partial charge in [-0.25, -0.2) is 9.07 Å². The van der Waals surface area contributed by atoms with E-state index in [2.05, 4.69) is 5.10 Å². The molecule has 7 heteroatoms. The van der Waals surface area contributed by atoms with Crippen molar-refractivity contribution >= 4 is 17.3 Å². The number of aromatic nitrogens is 2. The van der Waals surface area contributed by atoms with E-state index in [1.165, 1.54) is 22.9 Å². The van der Waals surface area contributed by atoms with E-state index in [-0.39, 0.29) is 16.8 Å². The van der Waals surface area contributed by atoms with Crippen LogP contribution >= 0.6 is 11.6 Å². The first-order valence-corrected chi connectivity index (χ1v) is 6.45. The van der Waals surface area contributed by atoms with Crippen molar-refractivity contribution < 1.29 is 9.31 Å². The highest BCUT2D eigenvalue weighted by atomic mass is 35.5.